The summed E-state index contributed by atoms with van der Waals surface area (Å²) in [4.78, 5) is 4.43. The molecule has 8 nitrogen and oxygen atoms in total. The normalized spacial score (nSPS) is 16.8. The number of hydrogen-bond donors (Lipinski definition) is 2. The molecule has 0 aromatic rings. The molecule has 148 valence electrons. The lowest BCUT2D eigenvalue weighted by atomic mass is 10.4. The largest absolute Gasteiger partial charge is 0.382 e. The molecule has 0 bridgehead atoms. The Bertz CT molecular complexity index is 468. The standard InChI is InChI=1S/C15H32N4O4S2/c1-3-16-15(17-5-4-9-23-11-10-22-2)18-6-14-25(20,21)19-7-12-24-13-8-19/h3-14H2,1-2H3,(H2,16,17,18). The van der Waals surface area contributed by atoms with E-state index in [1.54, 1.807) is 23.2 Å². The molecule has 10 heteroatoms. The molecular weight excluding hydrogens is 364 g/mol. The van der Waals surface area contributed by atoms with Gasteiger partial charge in [-0.15, -0.1) is 0 Å². The van der Waals surface area contributed by atoms with Gasteiger partial charge in [-0.2, -0.15) is 11.8 Å². The Morgan fingerprint density at radius 1 is 1.20 bits per heavy atom. The Balaban J connectivity index is 2.27. The van der Waals surface area contributed by atoms with Crippen LogP contribution in [0.5, 0.6) is 0 Å². The van der Waals surface area contributed by atoms with Crippen LogP contribution < -0.4 is 10.6 Å². The van der Waals surface area contributed by atoms with E-state index in [2.05, 4.69) is 15.6 Å². The number of hydrogen-bond acceptors (Lipinski definition) is 6. The van der Waals surface area contributed by atoms with Crippen LogP contribution in [0, 0.1) is 0 Å². The van der Waals surface area contributed by atoms with Gasteiger partial charge in [-0.3, -0.25) is 4.99 Å². The van der Waals surface area contributed by atoms with Gasteiger partial charge in [0.25, 0.3) is 0 Å². The van der Waals surface area contributed by atoms with E-state index in [0.717, 1.165) is 24.5 Å². The van der Waals surface area contributed by atoms with E-state index in [0.29, 0.717) is 52.0 Å². The van der Waals surface area contributed by atoms with E-state index in [-0.39, 0.29) is 5.75 Å². The number of rotatable bonds is 12. The van der Waals surface area contributed by atoms with Gasteiger partial charge in [0.1, 0.15) is 0 Å². The molecule has 1 fully saturated rings. The summed E-state index contributed by atoms with van der Waals surface area (Å²) in [5, 5.41) is 6.22. The van der Waals surface area contributed by atoms with Gasteiger partial charge >= 0.3 is 0 Å². The van der Waals surface area contributed by atoms with Crippen LogP contribution in [-0.2, 0) is 19.5 Å². The first-order valence-electron chi connectivity index (χ1n) is 8.74. The van der Waals surface area contributed by atoms with E-state index in [9.17, 15) is 8.42 Å². The number of guanidine groups is 1. The molecule has 2 N–H and O–H groups in total. The van der Waals surface area contributed by atoms with Crippen LogP contribution in [-0.4, -0.2) is 95.6 Å². The lowest BCUT2D eigenvalue weighted by Crippen LogP contribution is -2.44. The van der Waals surface area contributed by atoms with Crippen LogP contribution in [0.2, 0.25) is 0 Å². The average molecular weight is 397 g/mol. The minimum atomic E-state index is -3.19. The summed E-state index contributed by atoms with van der Waals surface area (Å²) in [6.07, 6.45) is 0.810. The van der Waals surface area contributed by atoms with Gasteiger partial charge in [-0.05, 0) is 13.3 Å². The van der Waals surface area contributed by atoms with Gasteiger partial charge in [0, 0.05) is 57.9 Å². The summed E-state index contributed by atoms with van der Waals surface area (Å²) in [6, 6.07) is 0. The molecule has 1 aliphatic rings. The molecule has 25 heavy (non-hydrogen) atoms. The number of sulfonamides is 1. The molecule has 0 amide bonds. The van der Waals surface area contributed by atoms with E-state index < -0.39 is 10.0 Å². The Labute approximate surface area is 156 Å². The van der Waals surface area contributed by atoms with Crippen LogP contribution in [0.1, 0.15) is 13.3 Å². The van der Waals surface area contributed by atoms with Crippen molar-refractivity contribution in [3.8, 4) is 0 Å². The van der Waals surface area contributed by atoms with E-state index in [4.69, 9.17) is 9.47 Å². The van der Waals surface area contributed by atoms with Gasteiger partial charge < -0.3 is 20.1 Å². The maximum Gasteiger partial charge on any atom is 0.215 e. The molecule has 1 aliphatic heterocycles. The molecule has 0 spiro atoms. The maximum atomic E-state index is 12.3. The summed E-state index contributed by atoms with van der Waals surface area (Å²) in [5.41, 5.74) is 0. The van der Waals surface area contributed by atoms with Crippen LogP contribution in [0.3, 0.4) is 0 Å². The first kappa shape index (κ1) is 22.5. The van der Waals surface area contributed by atoms with Crippen molar-refractivity contribution < 1.29 is 17.9 Å². The molecule has 0 saturated carbocycles. The quantitative estimate of drug-likeness (QED) is 0.272. The second kappa shape index (κ2) is 13.6. The monoisotopic (exact) mass is 396 g/mol. The molecule has 0 aromatic heterocycles. The Kier molecular flexibility index (Phi) is 12.3. The zero-order valence-electron chi connectivity index (χ0n) is 15.3. The summed E-state index contributed by atoms with van der Waals surface area (Å²) in [5.74, 6) is 2.48. The molecule has 0 unspecified atom stereocenters. The van der Waals surface area contributed by atoms with Crippen molar-refractivity contribution in [3.05, 3.63) is 0 Å². The third-order valence-electron chi connectivity index (χ3n) is 3.51. The van der Waals surface area contributed by atoms with Gasteiger partial charge in [0.15, 0.2) is 5.96 Å². The van der Waals surface area contributed by atoms with Crippen molar-refractivity contribution in [1.82, 2.24) is 14.9 Å². The molecule has 0 atom stereocenters. The van der Waals surface area contributed by atoms with Crippen LogP contribution in [0.25, 0.3) is 0 Å². The first-order valence-corrected chi connectivity index (χ1v) is 11.5. The molecule has 1 saturated heterocycles. The fourth-order valence-corrected chi connectivity index (χ4v) is 4.69. The van der Waals surface area contributed by atoms with Crippen LogP contribution in [0.4, 0.5) is 0 Å². The molecule has 1 heterocycles. The predicted molar refractivity (Wildman–Crippen MR) is 104 cm³/mol. The molecule has 0 radical (unpaired) electrons. The van der Waals surface area contributed by atoms with Crippen LogP contribution >= 0.6 is 11.8 Å². The second-order valence-corrected chi connectivity index (χ2v) is 8.79. The van der Waals surface area contributed by atoms with Gasteiger partial charge in [0.2, 0.25) is 10.0 Å². The van der Waals surface area contributed by atoms with E-state index >= 15 is 0 Å². The summed E-state index contributed by atoms with van der Waals surface area (Å²) < 4.78 is 36.5. The van der Waals surface area contributed by atoms with Gasteiger partial charge in [-0.1, -0.05) is 0 Å². The SMILES string of the molecule is CCNC(=NCCCOCCOC)NCCS(=O)(=O)N1CCSCC1. The van der Waals surface area contributed by atoms with Crippen molar-refractivity contribution in [2.75, 3.05) is 76.9 Å². The van der Waals surface area contributed by atoms with Gasteiger partial charge in [0.05, 0.1) is 19.0 Å². The number of thioether (sulfide) groups is 1. The zero-order valence-corrected chi connectivity index (χ0v) is 17.0. The predicted octanol–water partition coefficient (Wildman–Crippen LogP) is -0.0268. The molecule has 0 aliphatic carbocycles. The van der Waals surface area contributed by atoms with E-state index in [1.807, 2.05) is 6.92 Å². The fraction of sp³-hybridized carbons (Fsp3) is 0.933. The smallest absolute Gasteiger partial charge is 0.215 e. The van der Waals surface area contributed by atoms with Crippen molar-refractivity contribution in [2.45, 2.75) is 13.3 Å². The number of methoxy groups -OCH3 is 1. The number of ether oxygens (including phenoxy) is 2. The minimum absolute atomic E-state index is 0.0855. The zero-order chi connectivity index (χ0) is 18.4. The highest BCUT2D eigenvalue weighted by molar-refractivity contribution is 7.99. The number of nitrogens with one attached hydrogen (secondary N) is 2. The highest BCUT2D eigenvalue weighted by Crippen LogP contribution is 2.12. The van der Waals surface area contributed by atoms with Gasteiger partial charge in [-0.25, -0.2) is 12.7 Å². The lowest BCUT2D eigenvalue weighted by molar-refractivity contribution is 0.0702. The number of aliphatic imine (C=N–C) groups is 1. The summed E-state index contributed by atoms with van der Waals surface area (Å²) >= 11 is 1.80. The fourth-order valence-electron chi connectivity index (χ4n) is 2.20. The summed E-state index contributed by atoms with van der Waals surface area (Å²) in [6.45, 7) is 6.73. The maximum absolute atomic E-state index is 12.3. The second-order valence-electron chi connectivity index (χ2n) is 5.47. The van der Waals surface area contributed by atoms with Crippen LogP contribution in [0.15, 0.2) is 4.99 Å². The van der Waals surface area contributed by atoms with Crippen molar-refractivity contribution >= 4 is 27.7 Å². The van der Waals surface area contributed by atoms with Crippen molar-refractivity contribution in [3.63, 3.8) is 0 Å². The Hall–Kier alpha value is -0.550. The summed E-state index contributed by atoms with van der Waals surface area (Å²) in [7, 11) is -1.54. The Morgan fingerprint density at radius 2 is 1.96 bits per heavy atom. The lowest BCUT2D eigenvalue weighted by Gasteiger charge is -2.25. The third-order valence-corrected chi connectivity index (χ3v) is 6.32. The van der Waals surface area contributed by atoms with Crippen molar-refractivity contribution in [1.29, 1.82) is 0 Å². The molecular formula is C15H32N4O4S2. The molecule has 1 rings (SSSR count). The third kappa shape index (κ3) is 10.2. The van der Waals surface area contributed by atoms with E-state index in [1.165, 1.54) is 0 Å². The highest BCUT2D eigenvalue weighted by Gasteiger charge is 2.23. The first-order chi connectivity index (χ1) is 12.1. The molecule has 0 aromatic carbocycles. The topological polar surface area (TPSA) is 92.3 Å². The van der Waals surface area contributed by atoms with Crippen molar-refractivity contribution in [2.24, 2.45) is 4.99 Å². The average Bonchev–Trinajstić information content (AvgIpc) is 2.61. The number of nitrogens with zero attached hydrogens (tertiary/aromatic N) is 2. The minimum Gasteiger partial charge on any atom is -0.382 e. The highest BCUT2D eigenvalue weighted by atomic mass is 32.2. The Morgan fingerprint density at radius 3 is 2.64 bits per heavy atom.